The number of amides is 1. The maximum Gasteiger partial charge on any atom is 0.410 e. The van der Waals surface area contributed by atoms with Crippen LogP contribution in [-0.4, -0.2) is 46.2 Å². The third kappa shape index (κ3) is 3.95. The summed E-state index contributed by atoms with van der Waals surface area (Å²) in [7, 11) is 0. The molecule has 3 rings (SSSR count). The van der Waals surface area contributed by atoms with Gasteiger partial charge in [0, 0.05) is 36.0 Å². The van der Waals surface area contributed by atoms with Crippen LogP contribution in [-0.2, 0) is 4.74 Å². The van der Waals surface area contributed by atoms with Crippen molar-refractivity contribution in [2.75, 3.05) is 18.4 Å². The van der Waals surface area contributed by atoms with E-state index < -0.39 is 0 Å². The summed E-state index contributed by atoms with van der Waals surface area (Å²) in [5.41, 5.74) is 2.70. The number of piperidine rings is 1. The van der Waals surface area contributed by atoms with Crippen molar-refractivity contribution >= 4 is 38.7 Å². The molecular weight excluding hydrogens is 372 g/mol. The predicted molar refractivity (Wildman–Crippen MR) is 97.1 cm³/mol. The van der Waals surface area contributed by atoms with Crippen LogP contribution in [0.3, 0.4) is 0 Å². The zero-order chi connectivity index (χ0) is 17.1. The van der Waals surface area contributed by atoms with E-state index in [1.54, 1.807) is 17.3 Å². The number of carbonyl (C=O) groups is 1. The molecule has 7 heteroatoms. The summed E-state index contributed by atoms with van der Waals surface area (Å²) in [6.07, 6.45) is 5.03. The summed E-state index contributed by atoms with van der Waals surface area (Å²) in [5, 5.41) is 3.55. The number of hydrogen-bond acceptors (Lipinski definition) is 5. The first-order valence-electron chi connectivity index (χ1n) is 8.15. The van der Waals surface area contributed by atoms with Crippen LogP contribution < -0.4 is 5.32 Å². The van der Waals surface area contributed by atoms with Crippen LogP contribution in [0.4, 0.5) is 10.5 Å². The van der Waals surface area contributed by atoms with Crippen molar-refractivity contribution in [3.05, 3.63) is 29.0 Å². The second-order valence-electron chi connectivity index (χ2n) is 6.22. The Bertz CT molecular complexity index is 730. The zero-order valence-corrected chi connectivity index (χ0v) is 15.4. The van der Waals surface area contributed by atoms with Crippen LogP contribution in [0.1, 0.15) is 26.7 Å². The molecule has 2 aromatic heterocycles. The lowest BCUT2D eigenvalue weighted by Crippen LogP contribution is -2.43. The molecule has 0 atom stereocenters. The van der Waals surface area contributed by atoms with Crippen molar-refractivity contribution in [2.45, 2.75) is 38.8 Å². The van der Waals surface area contributed by atoms with E-state index in [-0.39, 0.29) is 12.2 Å². The average molecular weight is 393 g/mol. The van der Waals surface area contributed by atoms with E-state index in [4.69, 9.17) is 4.74 Å². The lowest BCUT2D eigenvalue weighted by molar-refractivity contribution is 0.0701. The number of rotatable bonds is 3. The fourth-order valence-corrected chi connectivity index (χ4v) is 3.14. The Balaban J connectivity index is 1.63. The summed E-state index contributed by atoms with van der Waals surface area (Å²) in [5.74, 6) is 0. The number of nitrogens with zero attached hydrogens (tertiary/aromatic N) is 3. The lowest BCUT2D eigenvalue weighted by atomic mass is 10.0. The Labute approximate surface area is 149 Å². The molecule has 1 fully saturated rings. The van der Waals surface area contributed by atoms with E-state index in [9.17, 15) is 4.79 Å². The maximum absolute atomic E-state index is 11.9. The fraction of sp³-hybridized carbons (Fsp3) is 0.471. The molecule has 1 aliphatic heterocycles. The molecule has 2 aromatic rings. The number of anilines is 1. The molecule has 128 valence electrons. The monoisotopic (exact) mass is 392 g/mol. The van der Waals surface area contributed by atoms with Gasteiger partial charge in [-0.3, -0.25) is 9.97 Å². The molecule has 0 saturated carbocycles. The summed E-state index contributed by atoms with van der Waals surface area (Å²) in [4.78, 5) is 22.5. The lowest BCUT2D eigenvalue weighted by Gasteiger charge is -2.32. The number of halogens is 1. The SMILES string of the molecule is CC(C)OC(=O)N1CCC(Nc2ccnc3cc(Br)cnc23)CC1. The number of ether oxygens (including phenoxy) is 1. The first-order chi connectivity index (χ1) is 11.5. The van der Waals surface area contributed by atoms with Crippen LogP contribution in [0.2, 0.25) is 0 Å². The van der Waals surface area contributed by atoms with E-state index >= 15 is 0 Å². The van der Waals surface area contributed by atoms with Crippen LogP contribution in [0.5, 0.6) is 0 Å². The van der Waals surface area contributed by atoms with Gasteiger partial charge in [-0.05, 0) is 54.8 Å². The Kier molecular flexibility index (Phi) is 5.18. The van der Waals surface area contributed by atoms with Gasteiger partial charge in [-0.1, -0.05) is 0 Å². The summed E-state index contributed by atoms with van der Waals surface area (Å²) in [6, 6.07) is 4.21. The van der Waals surface area contributed by atoms with E-state index in [1.165, 1.54) is 0 Å². The molecule has 3 heterocycles. The quantitative estimate of drug-likeness (QED) is 0.859. The molecule has 1 aliphatic rings. The molecule has 1 saturated heterocycles. The highest BCUT2D eigenvalue weighted by molar-refractivity contribution is 9.10. The molecule has 6 nitrogen and oxygen atoms in total. The molecule has 1 amide bonds. The molecule has 0 aromatic carbocycles. The number of likely N-dealkylation sites (tertiary alicyclic amines) is 1. The van der Waals surface area contributed by atoms with Crippen LogP contribution >= 0.6 is 15.9 Å². The Morgan fingerprint density at radius 3 is 2.83 bits per heavy atom. The molecule has 0 radical (unpaired) electrons. The number of carbonyl (C=O) groups excluding carboxylic acids is 1. The number of hydrogen-bond donors (Lipinski definition) is 1. The van der Waals surface area contributed by atoms with Gasteiger partial charge < -0.3 is 15.0 Å². The van der Waals surface area contributed by atoms with Crippen molar-refractivity contribution in [1.29, 1.82) is 0 Å². The second-order valence-corrected chi connectivity index (χ2v) is 7.13. The number of pyridine rings is 2. The summed E-state index contributed by atoms with van der Waals surface area (Å²) in [6.45, 7) is 5.13. The van der Waals surface area contributed by atoms with Gasteiger partial charge in [0.2, 0.25) is 0 Å². The minimum Gasteiger partial charge on any atom is -0.447 e. The van der Waals surface area contributed by atoms with Crippen LogP contribution in [0.25, 0.3) is 11.0 Å². The van der Waals surface area contributed by atoms with Gasteiger partial charge in [-0.25, -0.2) is 4.79 Å². The van der Waals surface area contributed by atoms with Gasteiger partial charge in [-0.15, -0.1) is 0 Å². The fourth-order valence-electron chi connectivity index (χ4n) is 2.82. The van der Waals surface area contributed by atoms with Gasteiger partial charge >= 0.3 is 6.09 Å². The number of nitrogens with one attached hydrogen (secondary N) is 1. The van der Waals surface area contributed by atoms with E-state index in [1.807, 2.05) is 26.0 Å². The molecular formula is C17H21BrN4O2. The minimum atomic E-state index is -0.218. The van der Waals surface area contributed by atoms with Crippen molar-refractivity contribution in [1.82, 2.24) is 14.9 Å². The summed E-state index contributed by atoms with van der Waals surface area (Å²) < 4.78 is 6.17. The normalized spacial score (nSPS) is 15.8. The zero-order valence-electron chi connectivity index (χ0n) is 13.8. The predicted octanol–water partition coefficient (Wildman–Crippen LogP) is 3.81. The molecule has 0 bridgehead atoms. The van der Waals surface area contributed by atoms with E-state index in [0.717, 1.165) is 34.0 Å². The topological polar surface area (TPSA) is 67.3 Å². The van der Waals surface area contributed by atoms with Gasteiger partial charge in [0.1, 0.15) is 5.52 Å². The third-order valence-corrected chi connectivity index (χ3v) is 4.43. The van der Waals surface area contributed by atoms with Gasteiger partial charge in [0.15, 0.2) is 0 Å². The Morgan fingerprint density at radius 1 is 1.38 bits per heavy atom. The van der Waals surface area contributed by atoms with Gasteiger partial charge in [0.05, 0.1) is 17.3 Å². The number of aromatic nitrogens is 2. The second kappa shape index (κ2) is 7.34. The highest BCUT2D eigenvalue weighted by Gasteiger charge is 2.24. The molecule has 1 N–H and O–H groups in total. The highest BCUT2D eigenvalue weighted by Crippen LogP contribution is 2.24. The smallest absolute Gasteiger partial charge is 0.410 e. The molecule has 0 spiro atoms. The largest absolute Gasteiger partial charge is 0.447 e. The summed E-state index contributed by atoms with van der Waals surface area (Å²) >= 11 is 3.42. The molecule has 24 heavy (non-hydrogen) atoms. The maximum atomic E-state index is 11.9. The van der Waals surface area contributed by atoms with Gasteiger partial charge in [-0.2, -0.15) is 0 Å². The van der Waals surface area contributed by atoms with E-state index in [2.05, 4.69) is 31.2 Å². The van der Waals surface area contributed by atoms with Crippen LogP contribution in [0.15, 0.2) is 29.0 Å². The standard InChI is InChI=1S/C17H21BrN4O2/c1-11(2)24-17(23)22-7-4-13(5-8-22)21-14-3-6-19-15-9-12(18)10-20-16(14)15/h3,6,9-11,13H,4-5,7-8H2,1-2H3,(H,19,21). The van der Waals surface area contributed by atoms with Crippen LogP contribution in [0, 0.1) is 0 Å². The molecule has 0 aliphatic carbocycles. The highest BCUT2D eigenvalue weighted by atomic mass is 79.9. The Morgan fingerprint density at radius 2 is 2.12 bits per heavy atom. The van der Waals surface area contributed by atoms with Crippen molar-refractivity contribution < 1.29 is 9.53 Å². The average Bonchev–Trinajstić information content (AvgIpc) is 2.55. The third-order valence-electron chi connectivity index (χ3n) is 3.99. The Hall–Kier alpha value is -1.89. The first kappa shape index (κ1) is 17.0. The van der Waals surface area contributed by atoms with Crippen molar-refractivity contribution in [3.8, 4) is 0 Å². The van der Waals surface area contributed by atoms with Gasteiger partial charge in [0.25, 0.3) is 0 Å². The minimum absolute atomic E-state index is 0.0815. The van der Waals surface area contributed by atoms with E-state index in [0.29, 0.717) is 19.1 Å². The van der Waals surface area contributed by atoms with Crippen molar-refractivity contribution in [2.24, 2.45) is 0 Å². The first-order valence-corrected chi connectivity index (χ1v) is 8.94. The number of fused-ring (bicyclic) bond motifs is 1. The molecule has 0 unspecified atom stereocenters. The van der Waals surface area contributed by atoms with Crippen molar-refractivity contribution in [3.63, 3.8) is 0 Å².